The van der Waals surface area contributed by atoms with E-state index in [0.29, 0.717) is 19.8 Å². The number of likely N-dealkylation sites (tertiary alicyclic amines) is 1. The van der Waals surface area contributed by atoms with Gasteiger partial charge in [-0.1, -0.05) is 0 Å². The van der Waals surface area contributed by atoms with E-state index in [9.17, 15) is 9.90 Å². The largest absolute Gasteiger partial charge is 0.388 e. The summed E-state index contributed by atoms with van der Waals surface area (Å²) in [5.41, 5.74) is 5.07. The predicted octanol–water partition coefficient (Wildman–Crippen LogP) is -0.666. The Kier molecular flexibility index (Phi) is 3.19. The molecule has 2 aliphatic heterocycles. The number of piperidine rings is 1. The summed E-state index contributed by atoms with van der Waals surface area (Å²) in [5, 5.41) is 9.95. The molecule has 2 fully saturated rings. The molecule has 2 aliphatic rings. The van der Waals surface area contributed by atoms with Gasteiger partial charge in [-0.25, -0.2) is 0 Å². The van der Waals surface area contributed by atoms with Gasteiger partial charge >= 0.3 is 0 Å². The third kappa shape index (κ3) is 2.36. The lowest BCUT2D eigenvalue weighted by Gasteiger charge is -2.38. The maximum Gasteiger partial charge on any atom is 0.229 e. The molecule has 0 aromatic rings. The van der Waals surface area contributed by atoms with Gasteiger partial charge in [-0.3, -0.25) is 4.79 Å². The molecule has 2 saturated heterocycles. The van der Waals surface area contributed by atoms with Gasteiger partial charge in [0.2, 0.25) is 5.91 Å². The number of nitrogens with zero attached hydrogens (tertiary/aromatic N) is 1. The van der Waals surface area contributed by atoms with Crippen LogP contribution in [0.25, 0.3) is 0 Å². The Morgan fingerprint density at radius 2 is 2.31 bits per heavy atom. The highest BCUT2D eigenvalue weighted by molar-refractivity contribution is 5.80. The molecule has 16 heavy (non-hydrogen) atoms. The summed E-state index contributed by atoms with van der Waals surface area (Å²) in [4.78, 5) is 13.9. The highest BCUT2D eigenvalue weighted by Gasteiger charge is 2.38. The summed E-state index contributed by atoms with van der Waals surface area (Å²) in [5.74, 6) is -0.195. The lowest BCUT2D eigenvalue weighted by atomic mass is 9.93. The minimum atomic E-state index is -0.753. The zero-order chi connectivity index (χ0) is 11.8. The van der Waals surface area contributed by atoms with Gasteiger partial charge in [0.25, 0.3) is 0 Å². The van der Waals surface area contributed by atoms with Crippen molar-refractivity contribution in [2.24, 2.45) is 11.7 Å². The van der Waals surface area contributed by atoms with Crippen LogP contribution in [0.2, 0.25) is 0 Å². The molecule has 0 spiro atoms. The van der Waals surface area contributed by atoms with Crippen LogP contribution < -0.4 is 5.73 Å². The standard InChI is InChI=1S/C11H20N2O3/c1-11(15)3-2-4-13(7-11)10(14)8-5-16-6-9(8)12/h8-9,15H,2-7,12H2,1H3. The summed E-state index contributed by atoms with van der Waals surface area (Å²) >= 11 is 0. The molecule has 0 aromatic heterocycles. The van der Waals surface area contributed by atoms with Gasteiger partial charge in [0.05, 0.1) is 24.7 Å². The minimum Gasteiger partial charge on any atom is -0.388 e. The third-order valence-corrected chi connectivity index (χ3v) is 3.43. The minimum absolute atomic E-state index is 0.0324. The molecule has 5 nitrogen and oxygen atoms in total. The van der Waals surface area contributed by atoms with Crippen LogP contribution in [0.5, 0.6) is 0 Å². The van der Waals surface area contributed by atoms with E-state index in [-0.39, 0.29) is 17.9 Å². The molecule has 0 saturated carbocycles. The van der Waals surface area contributed by atoms with Crippen LogP contribution in [0, 0.1) is 5.92 Å². The Bertz CT molecular complexity index is 280. The molecule has 0 aliphatic carbocycles. The van der Waals surface area contributed by atoms with Crippen molar-refractivity contribution in [3.8, 4) is 0 Å². The van der Waals surface area contributed by atoms with Crippen LogP contribution in [0.1, 0.15) is 19.8 Å². The number of ether oxygens (including phenoxy) is 1. The van der Waals surface area contributed by atoms with Crippen LogP contribution in [-0.4, -0.2) is 53.9 Å². The summed E-state index contributed by atoms with van der Waals surface area (Å²) in [6, 6.07) is -0.195. The molecule has 0 radical (unpaired) electrons. The number of rotatable bonds is 1. The summed E-state index contributed by atoms with van der Waals surface area (Å²) in [7, 11) is 0. The van der Waals surface area contributed by atoms with E-state index in [1.165, 1.54) is 0 Å². The van der Waals surface area contributed by atoms with Crippen molar-refractivity contribution in [2.45, 2.75) is 31.4 Å². The first-order chi connectivity index (χ1) is 7.49. The van der Waals surface area contributed by atoms with Gasteiger partial charge in [0.1, 0.15) is 0 Å². The number of carbonyl (C=O) groups is 1. The first-order valence-electron chi connectivity index (χ1n) is 5.84. The molecule has 2 rings (SSSR count). The SMILES string of the molecule is CC1(O)CCCN(C(=O)C2COCC2N)C1. The van der Waals surface area contributed by atoms with E-state index in [1.54, 1.807) is 11.8 Å². The summed E-state index contributed by atoms with van der Waals surface area (Å²) in [6.45, 7) is 3.78. The second-order valence-corrected chi connectivity index (χ2v) is 5.17. The first kappa shape index (κ1) is 11.8. The van der Waals surface area contributed by atoms with Crippen molar-refractivity contribution in [1.29, 1.82) is 0 Å². The van der Waals surface area contributed by atoms with Gasteiger partial charge in [0, 0.05) is 19.1 Å². The molecule has 92 valence electrons. The van der Waals surface area contributed by atoms with Crippen molar-refractivity contribution in [2.75, 3.05) is 26.3 Å². The molecule has 3 atom stereocenters. The van der Waals surface area contributed by atoms with Gasteiger partial charge in [-0.15, -0.1) is 0 Å². The normalized spacial score (nSPS) is 40.1. The van der Waals surface area contributed by atoms with Crippen molar-refractivity contribution in [1.82, 2.24) is 4.90 Å². The molecule has 0 aromatic carbocycles. The predicted molar refractivity (Wildman–Crippen MR) is 58.7 cm³/mol. The number of aliphatic hydroxyl groups is 1. The van der Waals surface area contributed by atoms with Crippen LogP contribution >= 0.6 is 0 Å². The van der Waals surface area contributed by atoms with Crippen LogP contribution in [-0.2, 0) is 9.53 Å². The average Bonchev–Trinajstić information content (AvgIpc) is 2.62. The topological polar surface area (TPSA) is 75.8 Å². The molecule has 3 N–H and O–H groups in total. The van der Waals surface area contributed by atoms with Gasteiger partial charge in [0.15, 0.2) is 0 Å². The van der Waals surface area contributed by atoms with E-state index in [1.807, 2.05) is 0 Å². The Hall–Kier alpha value is -0.650. The fraction of sp³-hybridized carbons (Fsp3) is 0.909. The summed E-state index contributed by atoms with van der Waals surface area (Å²) < 4.78 is 5.20. The average molecular weight is 228 g/mol. The van der Waals surface area contributed by atoms with Crippen LogP contribution in [0.15, 0.2) is 0 Å². The zero-order valence-electron chi connectivity index (χ0n) is 9.69. The zero-order valence-corrected chi connectivity index (χ0v) is 9.69. The van der Waals surface area contributed by atoms with Crippen molar-refractivity contribution in [3.05, 3.63) is 0 Å². The summed E-state index contributed by atoms with van der Waals surface area (Å²) in [6.07, 6.45) is 1.60. The number of hydrogen-bond acceptors (Lipinski definition) is 4. The molecule has 5 heteroatoms. The van der Waals surface area contributed by atoms with Gasteiger partial charge < -0.3 is 20.5 Å². The first-order valence-corrected chi connectivity index (χ1v) is 5.84. The molecule has 0 bridgehead atoms. The molecular weight excluding hydrogens is 208 g/mol. The number of β-amino-alcohol motifs (C(OH)–C–C–N with tert-alkyl or cyclic N) is 1. The molecule has 3 unspecified atom stereocenters. The van der Waals surface area contributed by atoms with E-state index >= 15 is 0 Å². The van der Waals surface area contributed by atoms with E-state index in [2.05, 4.69) is 0 Å². The Morgan fingerprint density at radius 3 is 2.88 bits per heavy atom. The van der Waals surface area contributed by atoms with Crippen molar-refractivity contribution >= 4 is 5.91 Å². The fourth-order valence-corrected chi connectivity index (χ4v) is 2.47. The van der Waals surface area contributed by atoms with E-state index in [4.69, 9.17) is 10.5 Å². The van der Waals surface area contributed by atoms with Crippen molar-refractivity contribution in [3.63, 3.8) is 0 Å². The quantitative estimate of drug-likeness (QED) is 0.624. The second-order valence-electron chi connectivity index (χ2n) is 5.17. The number of hydrogen-bond donors (Lipinski definition) is 2. The Morgan fingerprint density at radius 1 is 1.56 bits per heavy atom. The maximum atomic E-state index is 12.2. The van der Waals surface area contributed by atoms with E-state index in [0.717, 1.165) is 19.4 Å². The lowest BCUT2D eigenvalue weighted by molar-refractivity contribution is -0.142. The van der Waals surface area contributed by atoms with Crippen molar-refractivity contribution < 1.29 is 14.6 Å². The fourth-order valence-electron chi connectivity index (χ4n) is 2.47. The number of amides is 1. The molecule has 2 heterocycles. The molecule has 1 amide bonds. The second kappa shape index (κ2) is 4.31. The Labute approximate surface area is 95.5 Å². The monoisotopic (exact) mass is 228 g/mol. The number of nitrogens with two attached hydrogens (primary N) is 1. The van der Waals surface area contributed by atoms with Gasteiger partial charge in [-0.2, -0.15) is 0 Å². The van der Waals surface area contributed by atoms with E-state index < -0.39 is 5.60 Å². The molecular formula is C11H20N2O3. The van der Waals surface area contributed by atoms with Gasteiger partial charge in [-0.05, 0) is 19.8 Å². The highest BCUT2D eigenvalue weighted by Crippen LogP contribution is 2.23. The number of carbonyl (C=O) groups excluding carboxylic acids is 1. The smallest absolute Gasteiger partial charge is 0.229 e. The lowest BCUT2D eigenvalue weighted by Crippen LogP contribution is -2.52. The highest BCUT2D eigenvalue weighted by atomic mass is 16.5. The van der Waals surface area contributed by atoms with Crippen LogP contribution in [0.4, 0.5) is 0 Å². The maximum absolute atomic E-state index is 12.2. The third-order valence-electron chi connectivity index (χ3n) is 3.43. The Balaban J connectivity index is 1.99. The van der Waals surface area contributed by atoms with Crippen LogP contribution in [0.3, 0.4) is 0 Å².